The lowest BCUT2D eigenvalue weighted by Crippen LogP contribution is -2.81. The van der Waals surface area contributed by atoms with Gasteiger partial charge in [-0.05, 0) is 6.07 Å². The standard InChI is InChI=1S/C24BF20.C14H13FNO/c26-5-1(6(27)14(35)21(42)13(5)34)25(2-7(28)15(36)22(43)16(37)8(2)29,3-9(30)17(38)23(44)18(39)10(3)31)4-11(32)19(40)24(45)20(41)12(4)33;15-10-14(17)13-8-4-5-9-16(13)11-12-6-2-1-3-7-12/h;1-9H,10-11H2/q-1;+1. The Labute approximate surface area is 331 Å². The number of pyridine rings is 1. The number of aromatic nitrogens is 1. The number of halogens is 21. The summed E-state index contributed by atoms with van der Waals surface area (Å²) in [4.78, 5) is 11.4. The summed E-state index contributed by atoms with van der Waals surface area (Å²) in [7, 11) is 0. The third kappa shape index (κ3) is 7.27. The second-order valence-electron chi connectivity index (χ2n) is 12.6. The lowest BCUT2D eigenvalue weighted by atomic mass is 9.12. The number of rotatable bonds is 8. The molecule has 0 fully saturated rings. The molecule has 6 rings (SSSR count). The van der Waals surface area contributed by atoms with E-state index in [1.165, 1.54) is 0 Å². The first-order valence-corrected chi connectivity index (χ1v) is 16.4. The van der Waals surface area contributed by atoms with Gasteiger partial charge in [0, 0.05) is 17.7 Å². The van der Waals surface area contributed by atoms with Crippen molar-refractivity contribution in [2.75, 3.05) is 6.67 Å². The number of ketones is 1. The molecule has 1 aromatic heterocycles. The topological polar surface area (TPSA) is 20.9 Å². The van der Waals surface area contributed by atoms with Crippen molar-refractivity contribution < 1.29 is 102 Å². The Hall–Kier alpha value is -6.49. The molecular weight excluding hydrogens is 896 g/mol. The number of Topliss-reactive ketones (excluding diaryl/α,β-unsaturated/α-hetero) is 1. The number of carbonyl (C=O) groups excluding carboxylic acids is 1. The Kier molecular flexibility index (Phi) is 13.1. The van der Waals surface area contributed by atoms with Crippen LogP contribution in [-0.4, -0.2) is 18.6 Å². The number of alkyl halides is 1. The average molecular weight is 909 g/mol. The molecule has 0 saturated carbocycles. The lowest BCUT2D eigenvalue weighted by molar-refractivity contribution is -0.690. The molecule has 2 nitrogen and oxygen atoms in total. The largest absolute Gasteiger partial charge is 0.284 e. The predicted octanol–water partition coefficient (Wildman–Crippen LogP) is 8.02. The van der Waals surface area contributed by atoms with Crippen LogP contribution in [0.3, 0.4) is 0 Å². The maximum Gasteiger partial charge on any atom is 0.257 e. The average Bonchev–Trinajstić information content (AvgIpc) is 3.26. The normalized spacial score (nSPS) is 11.5. The molecule has 24 heteroatoms. The van der Waals surface area contributed by atoms with Crippen LogP contribution in [0.15, 0.2) is 54.7 Å². The highest BCUT2D eigenvalue weighted by Gasteiger charge is 2.52. The van der Waals surface area contributed by atoms with Crippen molar-refractivity contribution in [2.45, 2.75) is 6.54 Å². The van der Waals surface area contributed by atoms with Crippen LogP contribution in [0.25, 0.3) is 0 Å². The summed E-state index contributed by atoms with van der Waals surface area (Å²) in [6.07, 6.45) is -5.43. The molecule has 0 aliphatic heterocycles. The molecule has 0 radical (unpaired) electrons. The molecule has 62 heavy (non-hydrogen) atoms. The van der Waals surface area contributed by atoms with Crippen molar-refractivity contribution in [1.82, 2.24) is 0 Å². The van der Waals surface area contributed by atoms with E-state index in [4.69, 9.17) is 0 Å². The monoisotopic (exact) mass is 909 g/mol. The second-order valence-corrected chi connectivity index (χ2v) is 12.6. The predicted molar refractivity (Wildman–Crippen MR) is 172 cm³/mol. The van der Waals surface area contributed by atoms with Gasteiger partial charge in [-0.15, -0.1) is 21.9 Å². The van der Waals surface area contributed by atoms with Gasteiger partial charge in [0.1, 0.15) is 52.7 Å². The smallest absolute Gasteiger partial charge is 0.257 e. The second kappa shape index (κ2) is 17.5. The molecule has 0 saturated heterocycles. The van der Waals surface area contributed by atoms with Gasteiger partial charge in [-0.2, -0.15) is 4.57 Å². The van der Waals surface area contributed by atoms with Gasteiger partial charge >= 0.3 is 0 Å². The fourth-order valence-electron chi connectivity index (χ4n) is 6.59. The number of benzene rings is 5. The zero-order chi connectivity index (χ0) is 46.4. The minimum atomic E-state index is -7.22. The Morgan fingerprint density at radius 2 is 0.629 bits per heavy atom. The van der Waals surface area contributed by atoms with E-state index in [2.05, 4.69) is 0 Å². The van der Waals surface area contributed by atoms with Crippen molar-refractivity contribution in [1.29, 1.82) is 0 Å². The molecule has 0 spiro atoms. The molecular formula is C38H13BF21NO. The van der Waals surface area contributed by atoms with E-state index in [1.807, 2.05) is 36.4 Å². The summed E-state index contributed by atoms with van der Waals surface area (Å²) < 4.78 is 308. The Balaban J connectivity index is 0.000000355. The number of hydrogen-bond donors (Lipinski definition) is 0. The first-order valence-electron chi connectivity index (χ1n) is 16.4. The molecule has 0 N–H and O–H groups in total. The van der Waals surface area contributed by atoms with Crippen molar-refractivity contribution >= 4 is 33.8 Å². The van der Waals surface area contributed by atoms with Gasteiger partial charge in [0.25, 0.3) is 11.5 Å². The third-order valence-electron chi connectivity index (χ3n) is 9.25. The van der Waals surface area contributed by atoms with Crippen molar-refractivity contribution in [3.8, 4) is 0 Å². The van der Waals surface area contributed by atoms with Crippen LogP contribution in [0, 0.1) is 116 Å². The quantitative estimate of drug-likeness (QED) is 0.0379. The Morgan fingerprint density at radius 1 is 0.371 bits per heavy atom. The van der Waals surface area contributed by atoms with E-state index < -0.39 is 157 Å². The molecule has 0 atom stereocenters. The Bertz CT molecular complexity index is 2400. The highest BCUT2D eigenvalue weighted by atomic mass is 19.2. The highest BCUT2D eigenvalue weighted by Crippen LogP contribution is 2.30. The minimum absolute atomic E-state index is 0.402. The molecule has 0 unspecified atom stereocenters. The molecule has 0 aliphatic carbocycles. The fourth-order valence-corrected chi connectivity index (χ4v) is 6.59. The maximum absolute atomic E-state index is 15.4. The molecule has 5 aromatic carbocycles. The van der Waals surface area contributed by atoms with Gasteiger partial charge in [0.2, 0.25) is 0 Å². The summed E-state index contributed by atoms with van der Waals surface area (Å²) in [6.45, 7) is -0.387. The fraction of sp³-hybridized carbons (Fsp3) is 0.0526. The minimum Gasteiger partial charge on any atom is -0.284 e. The van der Waals surface area contributed by atoms with Gasteiger partial charge in [0.15, 0.2) is 89.2 Å². The third-order valence-corrected chi connectivity index (χ3v) is 9.25. The molecule has 0 bridgehead atoms. The van der Waals surface area contributed by atoms with Crippen LogP contribution >= 0.6 is 0 Å². The van der Waals surface area contributed by atoms with Crippen LogP contribution in [-0.2, 0) is 6.54 Å². The molecule has 0 aliphatic rings. The van der Waals surface area contributed by atoms with Crippen LogP contribution in [0.5, 0.6) is 0 Å². The van der Waals surface area contributed by atoms with Crippen LogP contribution < -0.4 is 26.4 Å². The zero-order valence-electron chi connectivity index (χ0n) is 29.5. The summed E-state index contributed by atoms with van der Waals surface area (Å²) in [5, 5.41) is 0. The molecule has 1 heterocycles. The van der Waals surface area contributed by atoms with Gasteiger partial charge in [-0.25, -0.2) is 92.2 Å². The Morgan fingerprint density at radius 3 is 0.903 bits per heavy atom. The van der Waals surface area contributed by atoms with Crippen LogP contribution in [0.2, 0.25) is 0 Å². The summed E-state index contributed by atoms with van der Waals surface area (Å²) in [6, 6.07) is 15.0. The van der Waals surface area contributed by atoms with E-state index >= 15 is 35.1 Å². The molecule has 0 amide bonds. The summed E-state index contributed by atoms with van der Waals surface area (Å²) >= 11 is 0. The van der Waals surface area contributed by atoms with Crippen molar-refractivity contribution in [3.63, 3.8) is 0 Å². The zero-order valence-corrected chi connectivity index (χ0v) is 29.5. The summed E-state index contributed by atoms with van der Waals surface area (Å²) in [5.74, 6) is -71.9. The van der Waals surface area contributed by atoms with Gasteiger partial charge in [-0.3, -0.25) is 4.79 Å². The number of nitrogens with zero attached hydrogens (tertiary/aromatic N) is 1. The SMILES string of the molecule is Fc1c(F)c(F)c([B-](c2c(F)c(F)c(F)c(F)c2F)(c2c(F)c(F)c(F)c(F)c2F)c2c(F)c(F)c(F)c(F)c2F)c(F)c1F.O=C(CF)c1cccc[n+]1Cc1ccccc1. The lowest BCUT2D eigenvalue weighted by Gasteiger charge is -2.44. The van der Waals surface area contributed by atoms with Gasteiger partial charge in [0.05, 0.1) is 0 Å². The highest BCUT2D eigenvalue weighted by molar-refractivity contribution is 7.20. The first kappa shape index (κ1) is 46.6. The van der Waals surface area contributed by atoms with Crippen LogP contribution in [0.4, 0.5) is 92.2 Å². The summed E-state index contributed by atoms with van der Waals surface area (Å²) in [5.41, 5.74) is -12.8. The van der Waals surface area contributed by atoms with Crippen LogP contribution in [0.1, 0.15) is 16.1 Å². The van der Waals surface area contributed by atoms with E-state index in [0.717, 1.165) is 5.56 Å². The van der Waals surface area contributed by atoms with Crippen molar-refractivity contribution in [3.05, 3.63) is 182 Å². The number of carbonyl (C=O) groups is 1. The van der Waals surface area contributed by atoms with Crippen molar-refractivity contribution in [2.24, 2.45) is 0 Å². The first-order chi connectivity index (χ1) is 29.0. The van der Waals surface area contributed by atoms with E-state index in [0.29, 0.717) is 12.2 Å². The van der Waals surface area contributed by atoms with E-state index in [9.17, 15) is 61.9 Å². The number of hydrogen-bond acceptors (Lipinski definition) is 1. The molecule has 326 valence electrons. The maximum atomic E-state index is 15.4. The van der Waals surface area contributed by atoms with Gasteiger partial charge in [-0.1, -0.05) is 30.3 Å². The van der Waals surface area contributed by atoms with Gasteiger partial charge < -0.3 is 0 Å². The molecule has 6 aromatic rings. The van der Waals surface area contributed by atoms with E-state index in [1.54, 1.807) is 22.9 Å². The van der Waals surface area contributed by atoms with E-state index in [-0.39, 0.29) is 0 Å².